The Labute approximate surface area is 147 Å². The van der Waals surface area contributed by atoms with Crippen LogP contribution in [0.4, 0.5) is 5.82 Å². The molecule has 1 aromatic carbocycles. The molecule has 0 fully saturated rings. The summed E-state index contributed by atoms with van der Waals surface area (Å²) in [5, 5.41) is 9.56. The lowest BCUT2D eigenvalue weighted by molar-refractivity contribution is 0.0724. The quantitative estimate of drug-likeness (QED) is 0.782. The lowest BCUT2D eigenvalue weighted by atomic mass is 10.1. The zero-order valence-corrected chi connectivity index (χ0v) is 14.7. The van der Waals surface area contributed by atoms with E-state index in [4.69, 9.17) is 11.6 Å². The van der Waals surface area contributed by atoms with Gasteiger partial charge in [0.25, 0.3) is 5.91 Å². The molecule has 0 atom stereocenters. The maximum absolute atomic E-state index is 12.8. The molecule has 1 N–H and O–H groups in total. The van der Waals surface area contributed by atoms with Crippen LogP contribution in [-0.4, -0.2) is 54.7 Å². The zero-order valence-electron chi connectivity index (χ0n) is 13.9. The average molecular weight is 348 g/mol. The number of aromatic nitrogens is 1. The van der Waals surface area contributed by atoms with Gasteiger partial charge in [-0.1, -0.05) is 41.9 Å². The largest absolute Gasteiger partial charge is 0.395 e. The van der Waals surface area contributed by atoms with Crippen molar-refractivity contribution in [2.75, 3.05) is 38.7 Å². The van der Waals surface area contributed by atoms with Crippen molar-refractivity contribution in [3.05, 3.63) is 58.7 Å². The van der Waals surface area contributed by atoms with Gasteiger partial charge in [0.05, 0.1) is 6.61 Å². The van der Waals surface area contributed by atoms with Crippen LogP contribution in [0.1, 0.15) is 15.9 Å². The minimum absolute atomic E-state index is 0.0834. The van der Waals surface area contributed by atoms with Crippen molar-refractivity contribution in [2.45, 2.75) is 6.42 Å². The second-order valence-corrected chi connectivity index (χ2v) is 6.07. The SMILES string of the molecule is CN(C)c1cc(C(=O)N(CCO)CCc2ccccc2)cc(Cl)n1. The Morgan fingerprint density at radius 1 is 1.17 bits per heavy atom. The third kappa shape index (κ3) is 4.94. The zero-order chi connectivity index (χ0) is 17.5. The number of amides is 1. The Bertz CT molecular complexity index is 677. The van der Waals surface area contributed by atoms with Gasteiger partial charge >= 0.3 is 0 Å². The molecule has 6 heteroatoms. The first-order valence-electron chi connectivity index (χ1n) is 7.80. The third-order valence-electron chi connectivity index (χ3n) is 3.66. The van der Waals surface area contributed by atoms with E-state index in [9.17, 15) is 9.90 Å². The smallest absolute Gasteiger partial charge is 0.254 e. The number of hydrogen-bond acceptors (Lipinski definition) is 4. The van der Waals surface area contributed by atoms with Gasteiger partial charge < -0.3 is 14.9 Å². The van der Waals surface area contributed by atoms with Crippen LogP contribution < -0.4 is 4.90 Å². The molecule has 0 bridgehead atoms. The number of hydrogen-bond donors (Lipinski definition) is 1. The predicted molar refractivity (Wildman–Crippen MR) is 96.7 cm³/mol. The summed E-state index contributed by atoms with van der Waals surface area (Å²) >= 11 is 6.03. The van der Waals surface area contributed by atoms with Crippen LogP contribution in [0.5, 0.6) is 0 Å². The van der Waals surface area contributed by atoms with Gasteiger partial charge in [0, 0.05) is 32.7 Å². The molecule has 1 amide bonds. The Morgan fingerprint density at radius 2 is 1.88 bits per heavy atom. The van der Waals surface area contributed by atoms with E-state index < -0.39 is 0 Å². The minimum Gasteiger partial charge on any atom is -0.395 e. The van der Waals surface area contributed by atoms with Crippen molar-refractivity contribution >= 4 is 23.3 Å². The van der Waals surface area contributed by atoms with Crippen LogP contribution in [0.25, 0.3) is 0 Å². The van der Waals surface area contributed by atoms with Gasteiger partial charge in [0.15, 0.2) is 0 Å². The number of benzene rings is 1. The first kappa shape index (κ1) is 18.2. The number of carbonyl (C=O) groups excluding carboxylic acids is 1. The van der Waals surface area contributed by atoms with Crippen LogP contribution in [0.3, 0.4) is 0 Å². The second-order valence-electron chi connectivity index (χ2n) is 5.68. The van der Waals surface area contributed by atoms with E-state index in [0.29, 0.717) is 17.9 Å². The van der Waals surface area contributed by atoms with Crippen molar-refractivity contribution in [3.8, 4) is 0 Å². The van der Waals surface area contributed by atoms with Crippen LogP contribution in [-0.2, 0) is 6.42 Å². The van der Waals surface area contributed by atoms with Crippen molar-refractivity contribution in [1.82, 2.24) is 9.88 Å². The Kier molecular flexibility index (Phi) is 6.58. The van der Waals surface area contributed by atoms with Crippen LogP contribution >= 0.6 is 11.6 Å². The molecule has 0 aliphatic rings. The van der Waals surface area contributed by atoms with Crippen molar-refractivity contribution in [2.24, 2.45) is 0 Å². The molecule has 1 heterocycles. The molecule has 1 aromatic heterocycles. The molecule has 0 saturated heterocycles. The molecule has 24 heavy (non-hydrogen) atoms. The highest BCUT2D eigenvalue weighted by Crippen LogP contribution is 2.18. The molecular weight excluding hydrogens is 326 g/mol. The molecule has 5 nitrogen and oxygen atoms in total. The third-order valence-corrected chi connectivity index (χ3v) is 3.85. The summed E-state index contributed by atoms with van der Waals surface area (Å²) in [6.45, 7) is 0.726. The summed E-state index contributed by atoms with van der Waals surface area (Å²) in [5.74, 6) is 0.463. The van der Waals surface area contributed by atoms with Crippen LogP contribution in [0.15, 0.2) is 42.5 Å². The van der Waals surface area contributed by atoms with Gasteiger partial charge in [-0.3, -0.25) is 4.79 Å². The number of rotatable bonds is 7. The Hall–Kier alpha value is -2.11. The van der Waals surface area contributed by atoms with Gasteiger partial charge in [0.1, 0.15) is 11.0 Å². The fraction of sp³-hybridized carbons (Fsp3) is 0.333. The van der Waals surface area contributed by atoms with Gasteiger partial charge in [-0.15, -0.1) is 0 Å². The van der Waals surface area contributed by atoms with E-state index in [0.717, 1.165) is 12.0 Å². The summed E-state index contributed by atoms with van der Waals surface area (Å²) in [4.78, 5) is 20.4. The van der Waals surface area contributed by atoms with E-state index in [1.165, 1.54) is 0 Å². The first-order valence-corrected chi connectivity index (χ1v) is 8.18. The topological polar surface area (TPSA) is 56.7 Å². The number of anilines is 1. The summed E-state index contributed by atoms with van der Waals surface area (Å²) in [7, 11) is 3.68. The van der Waals surface area contributed by atoms with E-state index in [1.54, 1.807) is 21.9 Å². The normalized spacial score (nSPS) is 10.5. The second kappa shape index (κ2) is 8.66. The van der Waals surface area contributed by atoms with Gasteiger partial charge in [-0.05, 0) is 24.1 Å². The van der Waals surface area contributed by atoms with E-state index in [1.807, 2.05) is 44.4 Å². The lowest BCUT2D eigenvalue weighted by Gasteiger charge is -2.23. The molecule has 2 aromatic rings. The van der Waals surface area contributed by atoms with E-state index >= 15 is 0 Å². The number of nitrogens with zero attached hydrogens (tertiary/aromatic N) is 3. The highest BCUT2D eigenvalue weighted by molar-refractivity contribution is 6.29. The average Bonchev–Trinajstić information content (AvgIpc) is 2.58. The molecule has 0 aliphatic heterocycles. The van der Waals surface area contributed by atoms with E-state index in [2.05, 4.69) is 4.98 Å². The predicted octanol–water partition coefficient (Wildman–Crippen LogP) is 2.48. The van der Waals surface area contributed by atoms with Crippen LogP contribution in [0, 0.1) is 0 Å². The van der Waals surface area contributed by atoms with Crippen LogP contribution in [0.2, 0.25) is 5.15 Å². The molecule has 0 unspecified atom stereocenters. The molecule has 0 radical (unpaired) electrons. The maximum Gasteiger partial charge on any atom is 0.254 e. The Morgan fingerprint density at radius 3 is 2.50 bits per heavy atom. The molecule has 128 valence electrons. The first-order chi connectivity index (χ1) is 11.5. The standard InChI is InChI=1S/C18H22ClN3O2/c1-21(2)17-13-15(12-16(19)20-17)18(24)22(10-11-23)9-8-14-6-4-3-5-7-14/h3-7,12-13,23H,8-11H2,1-2H3. The lowest BCUT2D eigenvalue weighted by Crippen LogP contribution is -2.35. The summed E-state index contributed by atoms with van der Waals surface area (Å²) in [5.41, 5.74) is 1.62. The van der Waals surface area contributed by atoms with Crippen molar-refractivity contribution < 1.29 is 9.90 Å². The summed E-state index contributed by atoms with van der Waals surface area (Å²) in [6, 6.07) is 13.2. The number of carbonyl (C=O) groups is 1. The van der Waals surface area contributed by atoms with Gasteiger partial charge in [-0.25, -0.2) is 4.98 Å². The number of aliphatic hydroxyl groups excluding tert-OH is 1. The fourth-order valence-electron chi connectivity index (χ4n) is 2.36. The van der Waals surface area contributed by atoms with Gasteiger partial charge in [-0.2, -0.15) is 0 Å². The van der Waals surface area contributed by atoms with Gasteiger partial charge in [0.2, 0.25) is 0 Å². The monoisotopic (exact) mass is 347 g/mol. The van der Waals surface area contributed by atoms with E-state index in [-0.39, 0.29) is 24.2 Å². The number of pyridine rings is 1. The molecule has 0 spiro atoms. The number of halogens is 1. The maximum atomic E-state index is 12.8. The number of aliphatic hydroxyl groups is 1. The molecule has 2 rings (SSSR count). The highest BCUT2D eigenvalue weighted by Gasteiger charge is 2.17. The highest BCUT2D eigenvalue weighted by atomic mass is 35.5. The fourth-order valence-corrected chi connectivity index (χ4v) is 2.57. The Balaban J connectivity index is 2.16. The summed E-state index contributed by atoms with van der Waals surface area (Å²) in [6.07, 6.45) is 0.728. The minimum atomic E-state index is -0.160. The summed E-state index contributed by atoms with van der Waals surface area (Å²) < 4.78 is 0. The molecule has 0 aliphatic carbocycles. The molecular formula is C18H22ClN3O2. The van der Waals surface area contributed by atoms with Crippen molar-refractivity contribution in [1.29, 1.82) is 0 Å². The molecule has 0 saturated carbocycles. The van der Waals surface area contributed by atoms with Crippen molar-refractivity contribution in [3.63, 3.8) is 0 Å².